The van der Waals surface area contributed by atoms with Crippen molar-refractivity contribution < 1.29 is 27.7 Å². The van der Waals surface area contributed by atoms with Crippen molar-refractivity contribution in [3.63, 3.8) is 0 Å². The summed E-state index contributed by atoms with van der Waals surface area (Å²) in [5.74, 6) is -1.68. The summed E-state index contributed by atoms with van der Waals surface area (Å²) in [6.07, 6.45) is 2.10. The van der Waals surface area contributed by atoms with Gasteiger partial charge in [-0.15, -0.1) is 11.3 Å². The Morgan fingerprint density at radius 3 is 2.53 bits per heavy atom. The van der Waals surface area contributed by atoms with Crippen LogP contribution in [-0.4, -0.2) is 89.9 Å². The zero-order valence-electron chi connectivity index (χ0n) is 20.1. The molecule has 15 nitrogen and oxygen atoms in total. The number of aliphatic imine (C=N–C) groups is 1. The van der Waals surface area contributed by atoms with E-state index in [4.69, 9.17) is 11.5 Å². The number of ketones is 1. The standard InChI is InChI=1S/C21H26N8O7S2/c22-21(23)25-7-1-2-16(19(32)20-24-8-11-37-20)26-17(30)12-27-9-10-28(13-18(27)31)38(35,36)15-5-3-14(4-6-15)29(33)34/h3-6,8,11,16H,1-2,7,9-10,12-13H2,(H,26,30)(H4,22,23,25). The van der Waals surface area contributed by atoms with Gasteiger partial charge in [-0.3, -0.25) is 29.5 Å². The fourth-order valence-corrected chi connectivity index (χ4v) is 5.64. The molecule has 38 heavy (non-hydrogen) atoms. The summed E-state index contributed by atoms with van der Waals surface area (Å²) in [5, 5.41) is 15.3. The van der Waals surface area contributed by atoms with Crippen LogP contribution in [0.15, 0.2) is 45.7 Å². The van der Waals surface area contributed by atoms with Gasteiger partial charge in [0.1, 0.15) is 0 Å². The van der Waals surface area contributed by atoms with Crippen molar-refractivity contribution in [1.82, 2.24) is 19.5 Å². The molecule has 1 saturated heterocycles. The number of rotatable bonds is 12. The first kappa shape index (κ1) is 28.6. The third kappa shape index (κ3) is 7.30. The Bertz CT molecular complexity index is 1310. The minimum Gasteiger partial charge on any atom is -0.370 e. The number of benzene rings is 1. The highest BCUT2D eigenvalue weighted by Gasteiger charge is 2.34. The molecule has 2 amide bonds. The molecule has 1 aromatic heterocycles. The van der Waals surface area contributed by atoms with E-state index in [9.17, 15) is 32.9 Å². The van der Waals surface area contributed by atoms with Crippen molar-refractivity contribution >= 4 is 50.6 Å². The number of piperazine rings is 1. The summed E-state index contributed by atoms with van der Waals surface area (Å²) in [4.78, 5) is 57.3. The number of thiazole rings is 1. The highest BCUT2D eigenvalue weighted by Crippen LogP contribution is 2.21. The van der Waals surface area contributed by atoms with Gasteiger partial charge in [0, 0.05) is 43.3 Å². The second-order valence-electron chi connectivity index (χ2n) is 8.18. The first-order valence-electron chi connectivity index (χ1n) is 11.3. The highest BCUT2D eigenvalue weighted by atomic mass is 32.2. The van der Waals surface area contributed by atoms with Gasteiger partial charge in [0.25, 0.3) is 5.69 Å². The van der Waals surface area contributed by atoms with E-state index in [2.05, 4.69) is 15.3 Å². The molecule has 0 spiro atoms. The Hall–Kier alpha value is -3.96. The second-order valence-corrected chi connectivity index (χ2v) is 11.0. The Morgan fingerprint density at radius 2 is 1.95 bits per heavy atom. The SMILES string of the molecule is NC(N)=NCCCC(NC(=O)CN1CCN(S(=O)(=O)c2ccc([N+](=O)[O-])cc2)CC1=O)C(=O)c1nccs1. The van der Waals surface area contributed by atoms with Crippen LogP contribution in [0.25, 0.3) is 0 Å². The van der Waals surface area contributed by atoms with E-state index < -0.39 is 39.3 Å². The predicted octanol–water partition coefficient (Wildman–Crippen LogP) is -0.694. The first-order chi connectivity index (χ1) is 18.0. The lowest BCUT2D eigenvalue weighted by Gasteiger charge is -2.33. The first-order valence-corrected chi connectivity index (χ1v) is 13.6. The summed E-state index contributed by atoms with van der Waals surface area (Å²) < 4.78 is 26.7. The molecule has 1 unspecified atom stereocenters. The summed E-state index contributed by atoms with van der Waals surface area (Å²) in [7, 11) is -4.08. The van der Waals surface area contributed by atoms with Crippen molar-refractivity contribution in [3.8, 4) is 0 Å². The Balaban J connectivity index is 1.60. The minimum absolute atomic E-state index is 0.0615. The number of amides is 2. The average Bonchev–Trinajstić information content (AvgIpc) is 3.41. The van der Waals surface area contributed by atoms with E-state index in [1.165, 1.54) is 11.1 Å². The average molecular weight is 567 g/mol. The van der Waals surface area contributed by atoms with Gasteiger partial charge in [0.15, 0.2) is 11.0 Å². The maximum atomic E-state index is 12.9. The molecule has 2 aromatic rings. The van der Waals surface area contributed by atoms with Crippen LogP contribution in [0.4, 0.5) is 5.69 Å². The molecule has 1 atom stereocenters. The molecule has 0 saturated carbocycles. The van der Waals surface area contributed by atoms with Gasteiger partial charge in [-0.05, 0) is 25.0 Å². The largest absolute Gasteiger partial charge is 0.370 e. The molecular formula is C21H26N8O7S2. The number of hydrogen-bond donors (Lipinski definition) is 3. The fourth-order valence-electron chi connectivity index (χ4n) is 3.63. The van der Waals surface area contributed by atoms with Gasteiger partial charge >= 0.3 is 0 Å². The summed E-state index contributed by atoms with van der Waals surface area (Å²) >= 11 is 1.13. The van der Waals surface area contributed by atoms with Crippen LogP contribution in [0.1, 0.15) is 22.6 Å². The number of nitro benzene ring substituents is 1. The predicted molar refractivity (Wildman–Crippen MR) is 137 cm³/mol. The molecule has 1 aliphatic rings. The number of nitro groups is 1. The topological polar surface area (TPSA) is 224 Å². The van der Waals surface area contributed by atoms with Crippen LogP contribution in [0.3, 0.4) is 0 Å². The van der Waals surface area contributed by atoms with Crippen LogP contribution >= 0.6 is 11.3 Å². The Labute approximate surface area is 221 Å². The van der Waals surface area contributed by atoms with Crippen LogP contribution in [0.5, 0.6) is 0 Å². The number of nitrogens with zero attached hydrogens (tertiary/aromatic N) is 5. The van der Waals surface area contributed by atoms with E-state index >= 15 is 0 Å². The quantitative estimate of drug-likeness (QED) is 0.0731. The normalized spacial score (nSPS) is 15.1. The zero-order chi connectivity index (χ0) is 27.9. The third-order valence-corrected chi connectivity index (χ3v) is 8.19. The molecule has 0 bridgehead atoms. The number of Topliss-reactive ketones (excluding diaryl/α,β-unsaturated/α-hetero) is 1. The molecule has 3 rings (SSSR count). The molecule has 1 aromatic carbocycles. The number of carbonyl (C=O) groups is 3. The number of hydrogen-bond acceptors (Lipinski definition) is 10. The van der Waals surface area contributed by atoms with Gasteiger partial charge in [0.05, 0.1) is 29.0 Å². The number of non-ortho nitro benzene ring substituents is 1. The van der Waals surface area contributed by atoms with E-state index in [1.54, 1.807) is 5.38 Å². The minimum atomic E-state index is -4.08. The molecule has 1 fully saturated rings. The van der Waals surface area contributed by atoms with Crippen molar-refractivity contribution in [1.29, 1.82) is 0 Å². The van der Waals surface area contributed by atoms with Crippen LogP contribution in [0, 0.1) is 10.1 Å². The molecular weight excluding hydrogens is 540 g/mol. The monoisotopic (exact) mass is 566 g/mol. The number of nitrogens with two attached hydrogens (primary N) is 2. The zero-order valence-corrected chi connectivity index (χ0v) is 21.7. The van der Waals surface area contributed by atoms with Gasteiger partial charge < -0.3 is 21.7 Å². The van der Waals surface area contributed by atoms with Gasteiger partial charge in [-0.1, -0.05) is 0 Å². The number of carbonyl (C=O) groups excluding carboxylic acids is 3. The van der Waals surface area contributed by atoms with Crippen LogP contribution < -0.4 is 16.8 Å². The van der Waals surface area contributed by atoms with Gasteiger partial charge in [0.2, 0.25) is 27.6 Å². The molecule has 17 heteroatoms. The molecule has 1 aliphatic heterocycles. The second kappa shape index (κ2) is 12.5. The lowest BCUT2D eigenvalue weighted by molar-refractivity contribution is -0.384. The van der Waals surface area contributed by atoms with E-state index in [0.717, 1.165) is 39.9 Å². The van der Waals surface area contributed by atoms with E-state index in [1.807, 2.05) is 0 Å². The Kier molecular flexibility index (Phi) is 9.43. The number of sulfonamides is 1. The van der Waals surface area contributed by atoms with E-state index in [0.29, 0.717) is 6.42 Å². The molecule has 0 aliphatic carbocycles. The maximum absolute atomic E-state index is 12.9. The van der Waals surface area contributed by atoms with Crippen LogP contribution in [-0.2, 0) is 19.6 Å². The van der Waals surface area contributed by atoms with Crippen molar-refractivity contribution in [2.45, 2.75) is 23.8 Å². The Morgan fingerprint density at radius 1 is 1.24 bits per heavy atom. The van der Waals surface area contributed by atoms with Crippen molar-refractivity contribution in [2.24, 2.45) is 16.5 Å². The summed E-state index contributed by atoms with van der Waals surface area (Å²) in [6.45, 7) is -0.775. The van der Waals surface area contributed by atoms with Crippen LogP contribution in [0.2, 0.25) is 0 Å². The third-order valence-electron chi connectivity index (χ3n) is 5.54. The van der Waals surface area contributed by atoms with Gasteiger partial charge in [-0.25, -0.2) is 13.4 Å². The fraction of sp³-hybridized carbons (Fsp3) is 0.381. The molecule has 5 N–H and O–H groups in total. The lowest BCUT2D eigenvalue weighted by atomic mass is 10.1. The van der Waals surface area contributed by atoms with E-state index in [-0.39, 0.29) is 59.9 Å². The summed E-state index contributed by atoms with van der Waals surface area (Å²) in [5.41, 5.74) is 10.4. The molecule has 204 valence electrons. The smallest absolute Gasteiger partial charge is 0.269 e. The van der Waals surface area contributed by atoms with Crippen molar-refractivity contribution in [3.05, 3.63) is 51.0 Å². The molecule has 2 heterocycles. The van der Waals surface area contributed by atoms with Gasteiger partial charge in [-0.2, -0.15) is 4.31 Å². The lowest BCUT2D eigenvalue weighted by Crippen LogP contribution is -2.55. The number of guanidine groups is 1. The summed E-state index contributed by atoms with van der Waals surface area (Å²) in [6, 6.07) is 3.42. The highest BCUT2D eigenvalue weighted by molar-refractivity contribution is 7.89. The number of nitrogens with one attached hydrogen (secondary N) is 1. The maximum Gasteiger partial charge on any atom is 0.269 e. The number of aromatic nitrogens is 1. The van der Waals surface area contributed by atoms with Crippen molar-refractivity contribution in [2.75, 3.05) is 32.7 Å². The molecule has 0 radical (unpaired) electrons.